The van der Waals surface area contributed by atoms with E-state index in [2.05, 4.69) is 27.0 Å². The fourth-order valence-corrected chi connectivity index (χ4v) is 2.86. The molecule has 3 N–H and O–H groups in total. The van der Waals surface area contributed by atoms with Gasteiger partial charge in [0.2, 0.25) is 0 Å². The van der Waals surface area contributed by atoms with Crippen molar-refractivity contribution < 1.29 is 14.3 Å². The molecule has 7 nitrogen and oxygen atoms in total. The van der Waals surface area contributed by atoms with Gasteiger partial charge in [-0.25, -0.2) is 4.99 Å². The van der Waals surface area contributed by atoms with Gasteiger partial charge in [-0.2, -0.15) is 0 Å². The highest BCUT2D eigenvalue weighted by atomic mass is 16.5. The third-order valence-electron chi connectivity index (χ3n) is 4.49. The van der Waals surface area contributed by atoms with Crippen molar-refractivity contribution in [1.29, 1.82) is 0 Å². The second-order valence-electron chi connectivity index (χ2n) is 7.05. The van der Waals surface area contributed by atoms with Gasteiger partial charge in [0.25, 0.3) is 5.91 Å². The number of guanidine groups is 1. The molecule has 2 aromatic carbocycles. The molecular formula is C24H34N4O3. The summed E-state index contributed by atoms with van der Waals surface area (Å²) in [5.41, 5.74) is 2.84. The third-order valence-corrected chi connectivity index (χ3v) is 4.49. The van der Waals surface area contributed by atoms with Crippen molar-refractivity contribution in [2.24, 2.45) is 4.99 Å². The summed E-state index contributed by atoms with van der Waals surface area (Å²) in [5, 5.41) is 9.50. The minimum absolute atomic E-state index is 0.0541. The van der Waals surface area contributed by atoms with Crippen molar-refractivity contribution in [2.45, 2.75) is 26.8 Å². The Labute approximate surface area is 185 Å². The number of nitrogens with zero attached hydrogens (tertiary/aromatic N) is 1. The summed E-state index contributed by atoms with van der Waals surface area (Å²) in [5.74, 6) is 1.52. The normalized spacial score (nSPS) is 11.1. The molecule has 0 atom stereocenters. The van der Waals surface area contributed by atoms with E-state index in [1.807, 2.05) is 56.3 Å². The number of ether oxygens (including phenoxy) is 2. The fraction of sp³-hybridized carbons (Fsp3) is 0.417. The molecule has 2 rings (SSSR count). The van der Waals surface area contributed by atoms with Crippen LogP contribution in [0.2, 0.25) is 0 Å². The molecule has 31 heavy (non-hydrogen) atoms. The molecule has 0 heterocycles. The Morgan fingerprint density at radius 1 is 1.00 bits per heavy atom. The number of aliphatic imine (C=N–C) groups is 1. The summed E-state index contributed by atoms with van der Waals surface area (Å²) in [7, 11) is 1.66. The first-order chi connectivity index (χ1) is 15.1. The number of benzene rings is 2. The number of hydrogen-bond acceptors (Lipinski definition) is 4. The lowest BCUT2D eigenvalue weighted by atomic mass is 10.1. The van der Waals surface area contributed by atoms with Gasteiger partial charge in [0.15, 0.2) is 5.96 Å². The zero-order valence-electron chi connectivity index (χ0n) is 18.7. The van der Waals surface area contributed by atoms with Crippen LogP contribution in [-0.4, -0.2) is 51.8 Å². The topological polar surface area (TPSA) is 84.0 Å². The van der Waals surface area contributed by atoms with Gasteiger partial charge < -0.3 is 25.4 Å². The first-order valence-electron chi connectivity index (χ1n) is 10.7. The molecule has 0 bridgehead atoms. The van der Waals surface area contributed by atoms with E-state index in [1.54, 1.807) is 7.11 Å². The third kappa shape index (κ3) is 9.09. The van der Waals surface area contributed by atoms with Gasteiger partial charge in [0.05, 0.1) is 13.2 Å². The van der Waals surface area contributed by atoms with Crippen LogP contribution in [0.25, 0.3) is 0 Å². The first kappa shape index (κ1) is 24.2. The molecule has 0 saturated heterocycles. The molecule has 2 aromatic rings. The van der Waals surface area contributed by atoms with E-state index in [9.17, 15) is 4.79 Å². The van der Waals surface area contributed by atoms with Crippen LogP contribution in [0, 0.1) is 6.92 Å². The summed E-state index contributed by atoms with van der Waals surface area (Å²) in [6, 6.07) is 15.4. The van der Waals surface area contributed by atoms with E-state index in [-0.39, 0.29) is 5.91 Å². The maximum atomic E-state index is 12.1. The van der Waals surface area contributed by atoms with Crippen molar-refractivity contribution in [3.05, 3.63) is 65.2 Å². The number of carbonyl (C=O) groups excluding carboxylic acids is 1. The number of methoxy groups -OCH3 is 1. The van der Waals surface area contributed by atoms with Gasteiger partial charge >= 0.3 is 0 Å². The average Bonchev–Trinajstić information content (AvgIpc) is 2.78. The lowest BCUT2D eigenvalue weighted by molar-refractivity contribution is 0.0953. The Kier molecular flexibility index (Phi) is 11.0. The molecule has 7 heteroatoms. The van der Waals surface area contributed by atoms with E-state index >= 15 is 0 Å². The van der Waals surface area contributed by atoms with Crippen LogP contribution in [0.5, 0.6) is 5.75 Å². The van der Waals surface area contributed by atoms with Crippen LogP contribution < -0.4 is 20.7 Å². The SMILES string of the molecule is CCNC(=NCc1ccc(C)cc1OCCOC)NCCCNC(=O)c1ccccc1. The minimum atomic E-state index is -0.0541. The van der Waals surface area contributed by atoms with Gasteiger partial charge in [0, 0.05) is 37.9 Å². The summed E-state index contributed by atoms with van der Waals surface area (Å²) in [6.45, 7) is 7.68. The molecular weight excluding hydrogens is 392 g/mol. The standard InChI is InChI=1S/C24H34N4O3/c1-4-25-24(27-14-8-13-26-23(29)20-9-6-5-7-10-20)28-18-21-12-11-19(2)17-22(21)31-16-15-30-3/h5-7,9-12,17H,4,8,13-16,18H2,1-3H3,(H,26,29)(H2,25,27,28). The Balaban J connectivity index is 1.83. The summed E-state index contributed by atoms with van der Waals surface area (Å²) < 4.78 is 10.9. The lowest BCUT2D eigenvalue weighted by Crippen LogP contribution is -2.38. The van der Waals surface area contributed by atoms with Crippen LogP contribution in [0.1, 0.15) is 34.8 Å². The van der Waals surface area contributed by atoms with Gasteiger partial charge in [-0.05, 0) is 44.0 Å². The molecule has 0 spiro atoms. The Morgan fingerprint density at radius 2 is 1.77 bits per heavy atom. The van der Waals surface area contributed by atoms with Gasteiger partial charge in [-0.1, -0.05) is 30.3 Å². The van der Waals surface area contributed by atoms with E-state index in [4.69, 9.17) is 9.47 Å². The zero-order chi connectivity index (χ0) is 22.3. The molecule has 0 aliphatic carbocycles. The molecule has 0 aliphatic heterocycles. The Morgan fingerprint density at radius 3 is 2.52 bits per heavy atom. The largest absolute Gasteiger partial charge is 0.491 e. The molecule has 0 unspecified atom stereocenters. The Hall–Kier alpha value is -3.06. The predicted molar refractivity (Wildman–Crippen MR) is 125 cm³/mol. The van der Waals surface area contributed by atoms with Crippen molar-refractivity contribution in [3.63, 3.8) is 0 Å². The van der Waals surface area contributed by atoms with Crippen LogP contribution >= 0.6 is 0 Å². The zero-order valence-corrected chi connectivity index (χ0v) is 18.7. The maximum absolute atomic E-state index is 12.1. The first-order valence-corrected chi connectivity index (χ1v) is 10.7. The van der Waals surface area contributed by atoms with Gasteiger partial charge in [-0.15, -0.1) is 0 Å². The van der Waals surface area contributed by atoms with Crippen LogP contribution in [0.15, 0.2) is 53.5 Å². The molecule has 0 aromatic heterocycles. The van der Waals surface area contributed by atoms with Crippen molar-refractivity contribution in [1.82, 2.24) is 16.0 Å². The summed E-state index contributed by atoms with van der Waals surface area (Å²) >= 11 is 0. The van der Waals surface area contributed by atoms with E-state index in [0.717, 1.165) is 35.8 Å². The molecule has 0 saturated carbocycles. The fourth-order valence-electron chi connectivity index (χ4n) is 2.86. The van der Waals surface area contributed by atoms with E-state index in [1.165, 1.54) is 0 Å². The van der Waals surface area contributed by atoms with Crippen LogP contribution in [-0.2, 0) is 11.3 Å². The van der Waals surface area contributed by atoms with E-state index in [0.29, 0.717) is 38.4 Å². The van der Waals surface area contributed by atoms with E-state index < -0.39 is 0 Å². The second kappa shape index (κ2) is 14.0. The average molecular weight is 427 g/mol. The number of rotatable bonds is 12. The smallest absolute Gasteiger partial charge is 0.251 e. The van der Waals surface area contributed by atoms with Crippen molar-refractivity contribution >= 4 is 11.9 Å². The molecule has 0 fully saturated rings. The highest BCUT2D eigenvalue weighted by Gasteiger charge is 2.06. The summed E-state index contributed by atoms with van der Waals surface area (Å²) in [6.07, 6.45) is 0.791. The monoisotopic (exact) mass is 426 g/mol. The predicted octanol–water partition coefficient (Wildman–Crippen LogP) is 2.90. The number of carbonyl (C=O) groups is 1. The van der Waals surface area contributed by atoms with Gasteiger partial charge in [0.1, 0.15) is 12.4 Å². The number of aryl methyl sites for hydroxylation is 1. The van der Waals surface area contributed by atoms with Gasteiger partial charge in [-0.3, -0.25) is 4.79 Å². The number of amides is 1. The second-order valence-corrected chi connectivity index (χ2v) is 7.05. The van der Waals surface area contributed by atoms with Crippen LogP contribution in [0.4, 0.5) is 0 Å². The molecule has 1 amide bonds. The minimum Gasteiger partial charge on any atom is -0.491 e. The number of nitrogens with one attached hydrogen (secondary N) is 3. The number of hydrogen-bond donors (Lipinski definition) is 3. The van der Waals surface area contributed by atoms with Crippen molar-refractivity contribution in [3.8, 4) is 5.75 Å². The molecule has 0 radical (unpaired) electrons. The van der Waals surface area contributed by atoms with Crippen molar-refractivity contribution in [2.75, 3.05) is 40.0 Å². The maximum Gasteiger partial charge on any atom is 0.251 e. The Bertz CT molecular complexity index is 825. The molecule has 168 valence electrons. The highest BCUT2D eigenvalue weighted by molar-refractivity contribution is 5.94. The lowest BCUT2D eigenvalue weighted by Gasteiger charge is -2.14. The van der Waals surface area contributed by atoms with Crippen LogP contribution in [0.3, 0.4) is 0 Å². The molecule has 0 aliphatic rings. The highest BCUT2D eigenvalue weighted by Crippen LogP contribution is 2.21. The quantitative estimate of drug-likeness (QED) is 0.276. The summed E-state index contributed by atoms with van der Waals surface area (Å²) in [4.78, 5) is 16.7.